The number of nitrogens with zero attached hydrogens (tertiary/aromatic N) is 2. The molecule has 2 aliphatic heterocycles. The first kappa shape index (κ1) is 19.1. The van der Waals surface area contributed by atoms with E-state index >= 15 is 0 Å². The molecule has 156 valence electrons. The van der Waals surface area contributed by atoms with Crippen molar-refractivity contribution in [1.82, 2.24) is 9.80 Å². The Hall–Kier alpha value is -1.91. The minimum absolute atomic E-state index is 0.0160. The van der Waals surface area contributed by atoms with Crippen LogP contribution in [0.5, 0.6) is 0 Å². The predicted octanol–water partition coefficient (Wildman–Crippen LogP) is 4.10. The number of hydrogen-bond donors (Lipinski definition) is 0. The molecule has 4 fully saturated rings. The number of fused-ring (bicyclic) bond motifs is 1. The number of hydrogen-bond acceptors (Lipinski definition) is 2. The van der Waals surface area contributed by atoms with Crippen LogP contribution in [0.1, 0.15) is 69.8 Å². The second-order valence-electron chi connectivity index (χ2n) is 9.74. The van der Waals surface area contributed by atoms with Gasteiger partial charge in [-0.05, 0) is 55.2 Å². The Labute approximate surface area is 172 Å². The number of halogens is 1. The summed E-state index contributed by atoms with van der Waals surface area (Å²) in [6, 6.07) is 6.77. The average molecular weight is 399 g/mol. The van der Waals surface area contributed by atoms with Gasteiger partial charge in [0.15, 0.2) is 0 Å². The molecule has 2 amide bonds. The van der Waals surface area contributed by atoms with Crippen LogP contribution in [0.3, 0.4) is 0 Å². The summed E-state index contributed by atoms with van der Waals surface area (Å²) in [6.07, 6.45) is 8.79. The molecular weight excluding hydrogens is 367 g/mol. The largest absolute Gasteiger partial charge is 0.337 e. The fraction of sp³-hybridized carbons (Fsp3) is 0.667. The zero-order valence-electron chi connectivity index (χ0n) is 17.3. The molecule has 29 heavy (non-hydrogen) atoms. The number of rotatable bonds is 2. The van der Waals surface area contributed by atoms with E-state index in [1.807, 2.05) is 11.0 Å². The van der Waals surface area contributed by atoms with Crippen molar-refractivity contribution < 1.29 is 14.0 Å². The molecule has 2 heterocycles. The summed E-state index contributed by atoms with van der Waals surface area (Å²) in [5.74, 6) is 0.277. The van der Waals surface area contributed by atoms with Gasteiger partial charge >= 0.3 is 0 Å². The quantitative estimate of drug-likeness (QED) is 0.753. The van der Waals surface area contributed by atoms with Gasteiger partial charge < -0.3 is 9.80 Å². The van der Waals surface area contributed by atoms with Crippen molar-refractivity contribution in [3.63, 3.8) is 0 Å². The third-order valence-corrected chi connectivity index (χ3v) is 8.16. The molecule has 4 nitrogen and oxygen atoms in total. The van der Waals surface area contributed by atoms with E-state index in [0.717, 1.165) is 44.2 Å². The summed E-state index contributed by atoms with van der Waals surface area (Å²) in [4.78, 5) is 30.2. The lowest BCUT2D eigenvalue weighted by molar-refractivity contribution is -0.138. The van der Waals surface area contributed by atoms with Crippen LogP contribution in [0, 0.1) is 17.2 Å². The summed E-state index contributed by atoms with van der Waals surface area (Å²) >= 11 is 0. The number of likely N-dealkylation sites (tertiary alicyclic amines) is 2. The summed E-state index contributed by atoms with van der Waals surface area (Å²) in [6.45, 7) is 2.97. The van der Waals surface area contributed by atoms with E-state index in [4.69, 9.17) is 0 Å². The highest BCUT2D eigenvalue weighted by Gasteiger charge is 2.63. The Morgan fingerprint density at radius 3 is 2.59 bits per heavy atom. The maximum Gasteiger partial charge on any atom is 0.226 e. The topological polar surface area (TPSA) is 40.6 Å². The smallest absolute Gasteiger partial charge is 0.226 e. The van der Waals surface area contributed by atoms with E-state index in [2.05, 4.69) is 4.90 Å². The Balaban J connectivity index is 1.50. The highest BCUT2D eigenvalue weighted by molar-refractivity contribution is 5.84. The molecular formula is C24H31FN2O2. The highest BCUT2D eigenvalue weighted by atomic mass is 19.1. The molecule has 5 rings (SSSR count). The molecule has 0 unspecified atom stereocenters. The van der Waals surface area contributed by atoms with Crippen LogP contribution in [0.4, 0.5) is 4.39 Å². The molecule has 1 aromatic rings. The maximum atomic E-state index is 14.0. The molecule has 2 aliphatic carbocycles. The van der Waals surface area contributed by atoms with Gasteiger partial charge in [-0.15, -0.1) is 0 Å². The Bertz CT molecular complexity index is 821. The first-order valence-corrected chi connectivity index (χ1v) is 11.3. The van der Waals surface area contributed by atoms with Gasteiger partial charge in [-0.1, -0.05) is 31.4 Å². The van der Waals surface area contributed by atoms with Gasteiger partial charge in [-0.25, -0.2) is 4.39 Å². The first-order valence-electron chi connectivity index (χ1n) is 11.3. The average Bonchev–Trinajstić information content (AvgIpc) is 3.32. The van der Waals surface area contributed by atoms with Gasteiger partial charge in [0.2, 0.25) is 11.8 Å². The fourth-order valence-electron chi connectivity index (χ4n) is 6.36. The lowest BCUT2D eigenvalue weighted by Crippen LogP contribution is -2.51. The molecule has 2 saturated carbocycles. The van der Waals surface area contributed by atoms with E-state index < -0.39 is 0 Å². The lowest BCUT2D eigenvalue weighted by Gasteiger charge is -2.39. The summed E-state index contributed by atoms with van der Waals surface area (Å²) in [5, 5.41) is 0. The van der Waals surface area contributed by atoms with E-state index in [1.54, 1.807) is 19.1 Å². The van der Waals surface area contributed by atoms with Crippen molar-refractivity contribution in [2.45, 2.75) is 76.3 Å². The van der Waals surface area contributed by atoms with Crippen LogP contribution in [0.25, 0.3) is 0 Å². The molecule has 0 radical (unpaired) electrons. The van der Waals surface area contributed by atoms with Crippen LogP contribution >= 0.6 is 0 Å². The lowest BCUT2D eigenvalue weighted by atomic mass is 9.79. The SMILES string of the molecule is CC(=O)N1CCCCC[C@@H]2[C@@H]1[C@H](c1cccc(F)c1)CN2C(=O)[C@H]1CC12CCC2. The molecule has 4 atom stereocenters. The van der Waals surface area contributed by atoms with Gasteiger partial charge in [0.25, 0.3) is 0 Å². The van der Waals surface area contributed by atoms with Gasteiger partial charge in [0.1, 0.15) is 5.82 Å². The normalized spacial score (nSPS) is 32.9. The van der Waals surface area contributed by atoms with Crippen molar-refractivity contribution in [2.24, 2.45) is 11.3 Å². The predicted molar refractivity (Wildman–Crippen MR) is 109 cm³/mol. The van der Waals surface area contributed by atoms with E-state index in [0.29, 0.717) is 17.9 Å². The summed E-state index contributed by atoms with van der Waals surface area (Å²) in [7, 11) is 0. The maximum absolute atomic E-state index is 14.0. The van der Waals surface area contributed by atoms with Gasteiger partial charge in [0, 0.05) is 31.8 Å². The zero-order valence-corrected chi connectivity index (χ0v) is 17.3. The second kappa shape index (κ2) is 7.10. The van der Waals surface area contributed by atoms with Crippen molar-refractivity contribution in [3.05, 3.63) is 35.6 Å². The van der Waals surface area contributed by atoms with E-state index in [1.165, 1.54) is 25.3 Å². The Morgan fingerprint density at radius 1 is 1.10 bits per heavy atom. The third kappa shape index (κ3) is 3.17. The van der Waals surface area contributed by atoms with Gasteiger partial charge in [-0.2, -0.15) is 0 Å². The third-order valence-electron chi connectivity index (χ3n) is 8.16. The number of carbonyl (C=O) groups excluding carboxylic acids is 2. The molecule has 1 aromatic carbocycles. The summed E-state index contributed by atoms with van der Waals surface area (Å²) < 4.78 is 14.0. The van der Waals surface area contributed by atoms with E-state index in [-0.39, 0.29) is 35.6 Å². The van der Waals surface area contributed by atoms with Crippen LogP contribution in [0.15, 0.2) is 24.3 Å². The molecule has 1 spiro atoms. The van der Waals surface area contributed by atoms with Crippen molar-refractivity contribution in [2.75, 3.05) is 13.1 Å². The summed E-state index contributed by atoms with van der Waals surface area (Å²) in [5.41, 5.74) is 1.21. The van der Waals surface area contributed by atoms with Crippen LogP contribution in [-0.2, 0) is 9.59 Å². The number of amides is 2. The molecule has 5 heteroatoms. The van der Waals surface area contributed by atoms with Crippen molar-refractivity contribution in [3.8, 4) is 0 Å². The first-order chi connectivity index (χ1) is 14.0. The molecule has 0 aromatic heterocycles. The van der Waals surface area contributed by atoms with Crippen molar-refractivity contribution >= 4 is 11.8 Å². The minimum atomic E-state index is -0.250. The monoisotopic (exact) mass is 398 g/mol. The standard InChI is InChI=1S/C24H31FN2O2/c1-16(28)26-12-4-2-3-9-21-22(26)19(17-7-5-8-18(25)13-17)15-27(21)23(29)20-14-24(20)10-6-11-24/h5,7-8,13,19-22H,2-4,6,9-12,14-15H2,1H3/t19-,20+,21+,22-/m0/s1. The minimum Gasteiger partial charge on any atom is -0.337 e. The van der Waals surface area contributed by atoms with E-state index in [9.17, 15) is 14.0 Å². The molecule has 4 aliphatic rings. The molecule has 0 N–H and O–H groups in total. The fourth-order valence-corrected chi connectivity index (χ4v) is 6.36. The van der Waals surface area contributed by atoms with Crippen LogP contribution in [0.2, 0.25) is 0 Å². The number of carbonyl (C=O) groups is 2. The van der Waals surface area contributed by atoms with Crippen molar-refractivity contribution in [1.29, 1.82) is 0 Å². The zero-order chi connectivity index (χ0) is 20.2. The number of benzene rings is 1. The Kier molecular flexibility index (Phi) is 4.67. The van der Waals surface area contributed by atoms with Crippen LogP contribution < -0.4 is 0 Å². The second-order valence-corrected chi connectivity index (χ2v) is 9.74. The Morgan fingerprint density at radius 2 is 1.93 bits per heavy atom. The van der Waals surface area contributed by atoms with Crippen LogP contribution in [-0.4, -0.2) is 46.8 Å². The molecule has 0 bridgehead atoms. The highest BCUT2D eigenvalue weighted by Crippen LogP contribution is 2.66. The van der Waals surface area contributed by atoms with Gasteiger partial charge in [-0.3, -0.25) is 9.59 Å². The van der Waals surface area contributed by atoms with Gasteiger partial charge in [0.05, 0.1) is 12.1 Å². The molecule has 2 saturated heterocycles.